The number of carbonyl (C=O) groups excluding carboxylic acids is 1. The van der Waals surface area contributed by atoms with Gasteiger partial charge in [0.15, 0.2) is 23.0 Å². The van der Waals surface area contributed by atoms with E-state index in [9.17, 15) is 4.79 Å². The predicted molar refractivity (Wildman–Crippen MR) is 140 cm³/mol. The number of aromatic nitrogens is 2. The molecule has 2 aromatic heterocycles. The van der Waals surface area contributed by atoms with E-state index in [4.69, 9.17) is 30.5 Å². The maximum Gasteiger partial charge on any atom is 0.231 e. The van der Waals surface area contributed by atoms with Gasteiger partial charge in [-0.2, -0.15) is 0 Å². The van der Waals surface area contributed by atoms with Gasteiger partial charge in [-0.25, -0.2) is 4.98 Å². The van der Waals surface area contributed by atoms with Crippen LogP contribution in [0.25, 0.3) is 5.65 Å². The fourth-order valence-corrected chi connectivity index (χ4v) is 4.70. The Morgan fingerprint density at radius 2 is 1.89 bits per heavy atom. The summed E-state index contributed by atoms with van der Waals surface area (Å²) in [5.74, 6) is 2.46. The van der Waals surface area contributed by atoms with Crippen molar-refractivity contribution in [2.75, 3.05) is 34.6 Å². The van der Waals surface area contributed by atoms with E-state index in [1.165, 1.54) is 0 Å². The van der Waals surface area contributed by atoms with Crippen LogP contribution in [0.2, 0.25) is 5.02 Å². The molecule has 5 rings (SSSR count). The molecule has 0 N–H and O–H groups in total. The number of benzene rings is 2. The van der Waals surface area contributed by atoms with Crippen molar-refractivity contribution in [2.24, 2.45) is 0 Å². The number of imidazole rings is 1. The Morgan fingerprint density at radius 1 is 1.08 bits per heavy atom. The average Bonchev–Trinajstić information content (AvgIpc) is 3.56. The lowest BCUT2D eigenvalue weighted by Gasteiger charge is -2.22. The van der Waals surface area contributed by atoms with Crippen molar-refractivity contribution in [2.45, 2.75) is 18.8 Å². The number of fused-ring (bicyclic) bond motifs is 2. The minimum absolute atomic E-state index is 0.0140. The summed E-state index contributed by atoms with van der Waals surface area (Å²) in [6.45, 7) is 0.744. The number of methoxy groups -OCH3 is 2. The third-order valence-electron chi connectivity index (χ3n) is 6.64. The van der Waals surface area contributed by atoms with Crippen LogP contribution in [0.3, 0.4) is 0 Å². The fourth-order valence-electron chi connectivity index (χ4n) is 4.54. The quantitative estimate of drug-likeness (QED) is 0.310. The number of nitrogens with zero attached hydrogens (tertiary/aromatic N) is 3. The first-order chi connectivity index (χ1) is 18.0. The molecule has 37 heavy (non-hydrogen) atoms. The molecule has 1 aliphatic heterocycles. The average molecular weight is 522 g/mol. The summed E-state index contributed by atoms with van der Waals surface area (Å²) in [6, 6.07) is 15.3. The van der Waals surface area contributed by atoms with Crippen LogP contribution in [-0.2, 0) is 11.2 Å². The molecule has 1 aliphatic rings. The van der Waals surface area contributed by atoms with E-state index in [1.807, 2.05) is 60.1 Å². The molecule has 0 aliphatic carbocycles. The second kappa shape index (κ2) is 10.6. The van der Waals surface area contributed by atoms with Crippen molar-refractivity contribution >= 4 is 23.2 Å². The molecule has 0 bridgehead atoms. The van der Waals surface area contributed by atoms with Gasteiger partial charge in [-0.05, 0) is 53.9 Å². The summed E-state index contributed by atoms with van der Waals surface area (Å²) in [7, 11) is 5.05. The molecule has 0 fully saturated rings. The second-order valence-electron chi connectivity index (χ2n) is 8.88. The highest BCUT2D eigenvalue weighted by molar-refractivity contribution is 6.30. The van der Waals surface area contributed by atoms with Crippen molar-refractivity contribution < 1.29 is 23.7 Å². The highest BCUT2D eigenvalue weighted by Crippen LogP contribution is 2.38. The summed E-state index contributed by atoms with van der Waals surface area (Å²) >= 11 is 6.29. The highest BCUT2D eigenvalue weighted by Gasteiger charge is 2.26. The van der Waals surface area contributed by atoms with Gasteiger partial charge in [0.25, 0.3) is 0 Å². The van der Waals surface area contributed by atoms with E-state index >= 15 is 0 Å². The van der Waals surface area contributed by atoms with Gasteiger partial charge in [0.1, 0.15) is 5.65 Å². The van der Waals surface area contributed by atoms with E-state index in [1.54, 1.807) is 31.4 Å². The Balaban J connectivity index is 1.38. The van der Waals surface area contributed by atoms with E-state index in [0.717, 1.165) is 22.5 Å². The maximum absolute atomic E-state index is 13.5. The van der Waals surface area contributed by atoms with Crippen LogP contribution in [0.5, 0.6) is 23.0 Å². The third kappa shape index (κ3) is 5.15. The van der Waals surface area contributed by atoms with Crippen molar-refractivity contribution in [1.82, 2.24) is 14.3 Å². The molecule has 192 valence electrons. The standard InChI is InChI=1S/C28H28ClN3O5/c1-31(11-10-18-4-7-23(34-2)25(12-18)35-3)28(33)14-21(19-5-8-24-26(13-19)37-17-36-24)22-15-30-27-9-6-20(29)16-32(22)27/h4-9,12-13,15-16,21H,10-11,14,17H2,1-3H3. The summed E-state index contributed by atoms with van der Waals surface area (Å²) in [6.07, 6.45) is 4.56. The summed E-state index contributed by atoms with van der Waals surface area (Å²) in [4.78, 5) is 19.8. The zero-order valence-corrected chi connectivity index (χ0v) is 21.7. The zero-order valence-electron chi connectivity index (χ0n) is 20.9. The van der Waals surface area contributed by atoms with E-state index in [2.05, 4.69) is 4.98 Å². The minimum Gasteiger partial charge on any atom is -0.493 e. The minimum atomic E-state index is -0.265. The number of ether oxygens (including phenoxy) is 4. The van der Waals surface area contributed by atoms with Gasteiger partial charge >= 0.3 is 0 Å². The third-order valence-corrected chi connectivity index (χ3v) is 6.87. The number of halogens is 1. The number of hydrogen-bond acceptors (Lipinski definition) is 6. The molecule has 0 radical (unpaired) electrons. The predicted octanol–water partition coefficient (Wildman–Crippen LogP) is 4.96. The van der Waals surface area contributed by atoms with Gasteiger partial charge in [0, 0.05) is 38.3 Å². The Hall–Kier alpha value is -3.91. The Kier molecular flexibility index (Phi) is 7.10. The van der Waals surface area contributed by atoms with Gasteiger partial charge in [0.2, 0.25) is 12.7 Å². The van der Waals surface area contributed by atoms with E-state index < -0.39 is 0 Å². The van der Waals surface area contributed by atoms with Crippen LogP contribution >= 0.6 is 11.6 Å². The molecular weight excluding hydrogens is 494 g/mol. The van der Waals surface area contributed by atoms with Crippen LogP contribution in [0.4, 0.5) is 0 Å². The van der Waals surface area contributed by atoms with Crippen LogP contribution in [0.1, 0.15) is 29.2 Å². The number of hydrogen-bond donors (Lipinski definition) is 0. The number of carbonyl (C=O) groups is 1. The Labute approximate surface area is 220 Å². The van der Waals surface area contributed by atoms with Crippen molar-refractivity contribution in [3.63, 3.8) is 0 Å². The molecule has 8 nitrogen and oxygen atoms in total. The van der Waals surface area contributed by atoms with Gasteiger partial charge in [0.05, 0.1) is 24.9 Å². The monoisotopic (exact) mass is 521 g/mol. The van der Waals surface area contributed by atoms with Crippen LogP contribution in [0.15, 0.2) is 60.9 Å². The van der Waals surface area contributed by atoms with Crippen molar-refractivity contribution in [3.05, 3.63) is 82.8 Å². The molecule has 1 atom stereocenters. The normalized spacial score (nSPS) is 13.0. The lowest BCUT2D eigenvalue weighted by atomic mass is 9.91. The Morgan fingerprint density at radius 3 is 2.70 bits per heavy atom. The van der Waals surface area contributed by atoms with Crippen molar-refractivity contribution in [1.29, 1.82) is 0 Å². The molecule has 0 spiro atoms. The zero-order chi connectivity index (χ0) is 25.9. The maximum atomic E-state index is 13.5. The number of likely N-dealkylation sites (N-methyl/N-ethyl adjacent to an activating group) is 1. The van der Waals surface area contributed by atoms with E-state index in [0.29, 0.717) is 41.0 Å². The Bertz CT molecular complexity index is 1440. The van der Waals surface area contributed by atoms with Crippen molar-refractivity contribution in [3.8, 4) is 23.0 Å². The van der Waals surface area contributed by atoms with Gasteiger partial charge in [-0.1, -0.05) is 23.7 Å². The van der Waals surface area contributed by atoms with Crippen LogP contribution in [-0.4, -0.2) is 54.8 Å². The summed E-state index contributed by atoms with van der Waals surface area (Å²) < 4.78 is 23.8. The lowest BCUT2D eigenvalue weighted by Crippen LogP contribution is -2.30. The molecule has 3 heterocycles. The second-order valence-corrected chi connectivity index (χ2v) is 9.32. The smallest absolute Gasteiger partial charge is 0.231 e. The molecule has 1 unspecified atom stereocenters. The van der Waals surface area contributed by atoms with Gasteiger partial charge < -0.3 is 28.2 Å². The molecule has 0 saturated heterocycles. The first-order valence-corrected chi connectivity index (χ1v) is 12.3. The molecule has 1 amide bonds. The molecule has 0 saturated carbocycles. The SMILES string of the molecule is COc1ccc(CCN(C)C(=O)CC(c2ccc3c(c2)OCO3)c2cnc3ccc(Cl)cn23)cc1OC. The molecule has 9 heteroatoms. The first kappa shape index (κ1) is 24.8. The van der Waals surface area contributed by atoms with Gasteiger partial charge in [-0.15, -0.1) is 0 Å². The number of rotatable bonds is 9. The largest absolute Gasteiger partial charge is 0.493 e. The van der Waals surface area contributed by atoms with Crippen LogP contribution < -0.4 is 18.9 Å². The molecular formula is C28H28ClN3O5. The molecule has 2 aromatic carbocycles. The highest BCUT2D eigenvalue weighted by atomic mass is 35.5. The van der Waals surface area contributed by atoms with Crippen LogP contribution in [0, 0.1) is 0 Å². The topological polar surface area (TPSA) is 74.5 Å². The van der Waals surface area contributed by atoms with E-state index in [-0.39, 0.29) is 25.0 Å². The summed E-state index contributed by atoms with van der Waals surface area (Å²) in [5, 5.41) is 0.592. The first-order valence-electron chi connectivity index (χ1n) is 11.9. The molecule has 4 aromatic rings. The lowest BCUT2D eigenvalue weighted by molar-refractivity contribution is -0.130. The number of pyridine rings is 1. The summed E-state index contributed by atoms with van der Waals surface area (Å²) in [5.41, 5.74) is 3.63. The van der Waals surface area contributed by atoms with Gasteiger partial charge in [-0.3, -0.25) is 4.79 Å². The fraction of sp³-hybridized carbons (Fsp3) is 0.286. The number of amides is 1.